The Morgan fingerprint density at radius 3 is 2.45 bits per heavy atom. The topological polar surface area (TPSA) is 84.3 Å². The lowest BCUT2D eigenvalue weighted by molar-refractivity contribution is -0.119. The van der Waals surface area contributed by atoms with Gasteiger partial charge in [-0.3, -0.25) is 9.10 Å². The van der Waals surface area contributed by atoms with Gasteiger partial charge < -0.3 is 9.88 Å². The van der Waals surface area contributed by atoms with Crippen LogP contribution < -0.4 is 9.62 Å². The minimum atomic E-state index is -3.74. The summed E-state index contributed by atoms with van der Waals surface area (Å²) in [5.74, 6) is -0.351. The Bertz CT molecular complexity index is 1360. The first-order valence-electron chi connectivity index (χ1n) is 9.87. The van der Waals surface area contributed by atoms with Gasteiger partial charge in [0.2, 0.25) is 5.91 Å². The number of benzene rings is 3. The fraction of sp³-hybridized carbons (Fsp3) is 0.130. The van der Waals surface area contributed by atoms with Crippen molar-refractivity contribution in [2.45, 2.75) is 18.0 Å². The van der Waals surface area contributed by atoms with E-state index in [1.54, 1.807) is 36.8 Å². The van der Waals surface area contributed by atoms with Crippen molar-refractivity contribution in [1.29, 1.82) is 0 Å². The fourth-order valence-electron chi connectivity index (χ4n) is 3.87. The van der Waals surface area contributed by atoms with Gasteiger partial charge in [0.05, 0.1) is 16.9 Å². The molecule has 0 unspecified atom stereocenters. The van der Waals surface area contributed by atoms with Gasteiger partial charge in [-0.05, 0) is 28.6 Å². The number of aromatic nitrogens is 2. The van der Waals surface area contributed by atoms with E-state index in [1.165, 1.54) is 4.31 Å². The number of hydrogen-bond acceptors (Lipinski definition) is 4. The van der Waals surface area contributed by atoms with E-state index in [-0.39, 0.29) is 17.3 Å². The smallest absolute Gasteiger partial charge is 0.265 e. The molecular formula is C23H20N4O3S. The summed E-state index contributed by atoms with van der Waals surface area (Å²) in [5, 5.41) is 4.34. The van der Waals surface area contributed by atoms with Crippen molar-refractivity contribution in [3.05, 3.63) is 90.5 Å². The van der Waals surface area contributed by atoms with Crippen LogP contribution in [-0.2, 0) is 27.9 Å². The number of nitrogens with one attached hydrogen (secondary N) is 1. The number of anilines is 1. The monoisotopic (exact) mass is 432 g/mol. The zero-order valence-electron chi connectivity index (χ0n) is 16.6. The molecule has 1 amide bonds. The molecule has 1 aromatic heterocycles. The number of imidazole rings is 1. The Labute approximate surface area is 180 Å². The van der Waals surface area contributed by atoms with Crippen molar-refractivity contribution in [3.8, 4) is 0 Å². The third-order valence-electron chi connectivity index (χ3n) is 5.41. The lowest BCUT2D eigenvalue weighted by atomic mass is 10.1. The van der Waals surface area contributed by atoms with Crippen LogP contribution in [-0.4, -0.2) is 30.4 Å². The van der Waals surface area contributed by atoms with Crippen LogP contribution in [0.1, 0.15) is 11.1 Å². The maximum absolute atomic E-state index is 13.0. The summed E-state index contributed by atoms with van der Waals surface area (Å²) in [7, 11) is -3.74. The van der Waals surface area contributed by atoms with Crippen molar-refractivity contribution in [1.82, 2.24) is 14.9 Å². The Kier molecular flexibility index (Phi) is 4.71. The molecule has 0 spiro atoms. The molecule has 0 saturated carbocycles. The minimum absolute atomic E-state index is 0.252. The molecule has 1 aliphatic rings. The Morgan fingerprint density at radius 2 is 1.71 bits per heavy atom. The maximum Gasteiger partial charge on any atom is 0.265 e. The molecule has 4 aromatic rings. The molecule has 3 aromatic carbocycles. The van der Waals surface area contributed by atoms with Crippen molar-refractivity contribution < 1.29 is 13.2 Å². The van der Waals surface area contributed by atoms with Gasteiger partial charge in [-0.2, -0.15) is 0 Å². The summed E-state index contributed by atoms with van der Waals surface area (Å²) in [5.41, 5.74) is 2.62. The second kappa shape index (κ2) is 7.55. The van der Waals surface area contributed by atoms with Gasteiger partial charge in [0.1, 0.15) is 6.54 Å². The molecule has 31 heavy (non-hydrogen) atoms. The van der Waals surface area contributed by atoms with Gasteiger partial charge in [-0.15, -0.1) is 0 Å². The number of sulfonamides is 1. The van der Waals surface area contributed by atoms with Gasteiger partial charge in [0, 0.05) is 30.9 Å². The summed E-state index contributed by atoms with van der Waals surface area (Å²) in [6.45, 7) is 0.801. The summed E-state index contributed by atoms with van der Waals surface area (Å²) in [6, 6.07) is 18.5. The molecule has 1 N–H and O–H groups in total. The van der Waals surface area contributed by atoms with Crippen LogP contribution in [0.15, 0.2) is 84.3 Å². The van der Waals surface area contributed by atoms with Crippen LogP contribution in [0.2, 0.25) is 0 Å². The van der Waals surface area contributed by atoms with Crippen LogP contribution in [0.4, 0.5) is 5.69 Å². The molecule has 156 valence electrons. The molecule has 0 radical (unpaired) electrons. The van der Waals surface area contributed by atoms with E-state index >= 15 is 0 Å². The quantitative estimate of drug-likeness (QED) is 0.508. The average molecular weight is 433 g/mol. The number of hydrogen-bond donors (Lipinski definition) is 1. The van der Waals surface area contributed by atoms with E-state index in [0.29, 0.717) is 17.6 Å². The summed E-state index contributed by atoms with van der Waals surface area (Å²) in [4.78, 5) is 16.9. The first kappa shape index (κ1) is 19.3. The summed E-state index contributed by atoms with van der Waals surface area (Å²) < 4.78 is 29.1. The molecule has 8 heteroatoms. The van der Waals surface area contributed by atoms with E-state index < -0.39 is 10.0 Å². The second-order valence-electron chi connectivity index (χ2n) is 7.47. The number of nitrogens with zero attached hydrogens (tertiary/aromatic N) is 3. The number of carbonyl (C=O) groups excluding carboxylic acids is 1. The van der Waals surface area contributed by atoms with E-state index in [2.05, 4.69) is 10.3 Å². The lowest BCUT2D eigenvalue weighted by Gasteiger charge is -2.18. The van der Waals surface area contributed by atoms with Gasteiger partial charge in [-0.25, -0.2) is 13.4 Å². The van der Waals surface area contributed by atoms with Gasteiger partial charge in [0.25, 0.3) is 10.0 Å². The predicted octanol–water partition coefficient (Wildman–Crippen LogP) is 2.91. The molecule has 1 aliphatic heterocycles. The minimum Gasteiger partial charge on any atom is -0.350 e. The van der Waals surface area contributed by atoms with Crippen molar-refractivity contribution in [2.24, 2.45) is 0 Å². The largest absolute Gasteiger partial charge is 0.350 e. The third kappa shape index (κ3) is 3.55. The third-order valence-corrected chi connectivity index (χ3v) is 7.21. The predicted molar refractivity (Wildman–Crippen MR) is 118 cm³/mol. The average Bonchev–Trinajstić information content (AvgIpc) is 3.36. The zero-order chi connectivity index (χ0) is 21.4. The summed E-state index contributed by atoms with van der Waals surface area (Å²) >= 11 is 0. The molecule has 7 nitrogen and oxygen atoms in total. The SMILES string of the molecule is O=C(CN1c2cccc3cccc(c23)S1(=O)=O)NCc1ccc(Cn2ccnc2)cc1. The normalized spacial score (nSPS) is 14.1. The van der Waals surface area contributed by atoms with Crippen molar-refractivity contribution in [3.63, 3.8) is 0 Å². The molecule has 0 bridgehead atoms. The van der Waals surface area contributed by atoms with Crippen LogP contribution >= 0.6 is 0 Å². The Hall–Kier alpha value is -3.65. The van der Waals surface area contributed by atoms with E-state index in [9.17, 15) is 13.2 Å². The molecule has 2 heterocycles. The zero-order valence-corrected chi connectivity index (χ0v) is 17.4. The van der Waals surface area contributed by atoms with E-state index in [4.69, 9.17) is 0 Å². The molecule has 0 saturated heterocycles. The Balaban J connectivity index is 1.26. The van der Waals surface area contributed by atoms with E-state index in [0.717, 1.165) is 23.1 Å². The number of rotatable bonds is 6. The molecular weight excluding hydrogens is 412 g/mol. The molecule has 0 atom stereocenters. The van der Waals surface area contributed by atoms with Crippen LogP contribution in [0.25, 0.3) is 10.8 Å². The highest BCUT2D eigenvalue weighted by Gasteiger charge is 2.36. The highest BCUT2D eigenvalue weighted by Crippen LogP contribution is 2.41. The van der Waals surface area contributed by atoms with E-state index in [1.807, 2.05) is 47.2 Å². The summed E-state index contributed by atoms with van der Waals surface area (Å²) in [6.07, 6.45) is 5.40. The van der Waals surface area contributed by atoms with Crippen LogP contribution in [0, 0.1) is 0 Å². The highest BCUT2D eigenvalue weighted by molar-refractivity contribution is 7.93. The first-order valence-corrected chi connectivity index (χ1v) is 11.3. The van der Waals surface area contributed by atoms with Gasteiger partial charge in [0.15, 0.2) is 0 Å². The number of carbonyl (C=O) groups is 1. The first-order chi connectivity index (χ1) is 15.0. The maximum atomic E-state index is 13.0. The lowest BCUT2D eigenvalue weighted by Crippen LogP contribution is -2.38. The molecule has 0 aliphatic carbocycles. The van der Waals surface area contributed by atoms with Gasteiger partial charge in [-0.1, -0.05) is 48.5 Å². The Morgan fingerprint density at radius 1 is 0.968 bits per heavy atom. The molecule has 5 rings (SSSR count). The standard InChI is InChI=1S/C23H20N4O3S/c28-22(25-13-17-7-9-18(10-8-17)14-26-12-11-24-16-26)15-27-20-5-1-3-19-4-2-6-21(23(19)20)31(27,29)30/h1-12,16H,13-15H2,(H,25,28). The van der Waals surface area contributed by atoms with Crippen LogP contribution in [0.5, 0.6) is 0 Å². The molecule has 0 fully saturated rings. The highest BCUT2D eigenvalue weighted by atomic mass is 32.2. The van der Waals surface area contributed by atoms with Crippen LogP contribution in [0.3, 0.4) is 0 Å². The fourth-order valence-corrected chi connectivity index (χ4v) is 5.54. The van der Waals surface area contributed by atoms with Gasteiger partial charge >= 0.3 is 0 Å². The van der Waals surface area contributed by atoms with Crippen molar-refractivity contribution in [2.75, 3.05) is 10.8 Å². The van der Waals surface area contributed by atoms with Crippen molar-refractivity contribution >= 4 is 32.4 Å². The second-order valence-corrected chi connectivity index (χ2v) is 9.30. The number of amides is 1.